The van der Waals surface area contributed by atoms with Crippen LogP contribution < -0.4 is 5.56 Å². The molecule has 29 heavy (non-hydrogen) atoms. The molecule has 0 saturated carbocycles. The molecule has 0 N–H and O–H groups in total. The summed E-state index contributed by atoms with van der Waals surface area (Å²) in [5.74, 6) is 0.695. The quantitative estimate of drug-likeness (QED) is 0.282. The molecule has 0 atom stereocenters. The minimum absolute atomic E-state index is 0.0901. The summed E-state index contributed by atoms with van der Waals surface area (Å²) in [5.41, 5.74) is 1.46. The summed E-state index contributed by atoms with van der Waals surface area (Å²) in [6.45, 7) is 1.93. The lowest BCUT2D eigenvalue weighted by molar-refractivity contribution is 0.0589. The van der Waals surface area contributed by atoms with Crippen LogP contribution in [0.4, 0.5) is 0 Å². The lowest BCUT2D eigenvalue weighted by atomic mass is 10.2. The van der Waals surface area contributed by atoms with Crippen LogP contribution in [0.2, 0.25) is 0 Å². The zero-order valence-corrected chi connectivity index (χ0v) is 16.5. The molecule has 8 nitrogen and oxygen atoms in total. The van der Waals surface area contributed by atoms with Gasteiger partial charge in [0.2, 0.25) is 0 Å². The largest absolute Gasteiger partial charge is 0.464 e. The number of hydrogen-bond donors (Lipinski definition) is 0. The molecule has 0 aliphatic rings. The third-order valence-corrected chi connectivity index (χ3v) is 5.13. The number of carbonyl (C=O) groups excluding carboxylic acids is 1. The molecule has 0 aliphatic heterocycles. The molecule has 9 heteroatoms. The highest BCUT2D eigenvalue weighted by Crippen LogP contribution is 2.24. The van der Waals surface area contributed by atoms with E-state index in [2.05, 4.69) is 19.9 Å². The summed E-state index contributed by atoms with van der Waals surface area (Å²) < 4.78 is 11.3. The number of thioether (sulfide) groups is 1. The monoisotopic (exact) mass is 408 g/mol. The standard InChI is InChI=1S/C20H16N4O4S/c1-12-7-8-21-17(9-12)24-18(25)14-5-3-4-6-15(14)22-20(24)29-11-13-10-16(23-28-13)19(26)27-2/h3-10H,11H2,1-2H3. The van der Waals surface area contributed by atoms with Crippen molar-refractivity contribution in [1.29, 1.82) is 0 Å². The van der Waals surface area contributed by atoms with Crippen LogP contribution in [0.1, 0.15) is 21.8 Å². The minimum atomic E-state index is -0.574. The lowest BCUT2D eigenvalue weighted by Crippen LogP contribution is -2.22. The van der Waals surface area contributed by atoms with Crippen molar-refractivity contribution in [3.05, 3.63) is 76.0 Å². The third-order valence-electron chi connectivity index (χ3n) is 4.17. The van der Waals surface area contributed by atoms with Crippen molar-refractivity contribution in [1.82, 2.24) is 19.7 Å². The molecule has 0 aliphatic carbocycles. The maximum absolute atomic E-state index is 13.2. The first-order valence-corrected chi connectivity index (χ1v) is 9.67. The summed E-state index contributed by atoms with van der Waals surface area (Å²) in [5, 5.41) is 4.66. The smallest absolute Gasteiger partial charge is 0.360 e. The lowest BCUT2D eigenvalue weighted by Gasteiger charge is -2.12. The van der Waals surface area contributed by atoms with Crippen LogP contribution >= 0.6 is 11.8 Å². The number of methoxy groups -OCH3 is 1. The second-order valence-corrected chi connectivity index (χ2v) is 7.14. The Bertz CT molecular complexity index is 1260. The number of carbonyl (C=O) groups is 1. The first kappa shape index (κ1) is 18.9. The highest BCUT2D eigenvalue weighted by Gasteiger charge is 2.17. The normalized spacial score (nSPS) is 11.0. The van der Waals surface area contributed by atoms with E-state index in [1.807, 2.05) is 25.1 Å². The van der Waals surface area contributed by atoms with E-state index in [9.17, 15) is 9.59 Å². The van der Waals surface area contributed by atoms with Gasteiger partial charge in [-0.2, -0.15) is 0 Å². The third kappa shape index (κ3) is 3.77. The van der Waals surface area contributed by atoms with E-state index in [0.29, 0.717) is 33.4 Å². The van der Waals surface area contributed by atoms with Crippen LogP contribution in [0.5, 0.6) is 0 Å². The van der Waals surface area contributed by atoms with E-state index in [-0.39, 0.29) is 11.3 Å². The van der Waals surface area contributed by atoms with E-state index in [1.54, 1.807) is 24.4 Å². The molecule has 0 bridgehead atoms. The van der Waals surface area contributed by atoms with E-state index in [4.69, 9.17) is 4.52 Å². The SMILES string of the molecule is COC(=O)c1cc(CSc2nc3ccccc3c(=O)n2-c2cc(C)ccn2)on1. The Morgan fingerprint density at radius 2 is 2.07 bits per heavy atom. The van der Waals surface area contributed by atoms with Crippen molar-refractivity contribution in [2.75, 3.05) is 7.11 Å². The maximum atomic E-state index is 13.2. The van der Waals surface area contributed by atoms with Gasteiger partial charge in [-0.3, -0.25) is 4.79 Å². The number of aryl methyl sites for hydroxylation is 1. The van der Waals surface area contributed by atoms with Gasteiger partial charge < -0.3 is 9.26 Å². The maximum Gasteiger partial charge on any atom is 0.360 e. The molecule has 0 unspecified atom stereocenters. The van der Waals surface area contributed by atoms with E-state index in [0.717, 1.165) is 5.56 Å². The molecule has 0 amide bonds. The van der Waals surface area contributed by atoms with Crippen LogP contribution in [0.3, 0.4) is 0 Å². The number of para-hydroxylation sites is 1. The Labute approximate surface area is 169 Å². The molecule has 4 aromatic rings. The average Bonchev–Trinajstić information content (AvgIpc) is 3.21. The van der Waals surface area contributed by atoms with Gasteiger partial charge in [-0.15, -0.1) is 0 Å². The second kappa shape index (κ2) is 7.88. The Kier molecular flexibility index (Phi) is 5.13. The van der Waals surface area contributed by atoms with Gasteiger partial charge in [-0.1, -0.05) is 29.1 Å². The van der Waals surface area contributed by atoms with Crippen molar-refractivity contribution >= 4 is 28.6 Å². The van der Waals surface area contributed by atoms with Crippen molar-refractivity contribution in [3.63, 3.8) is 0 Å². The Morgan fingerprint density at radius 1 is 1.24 bits per heavy atom. The zero-order chi connectivity index (χ0) is 20.4. The molecular formula is C20H16N4O4S. The van der Waals surface area contributed by atoms with E-state index in [1.165, 1.54) is 29.5 Å². The molecule has 0 fully saturated rings. The highest BCUT2D eigenvalue weighted by atomic mass is 32.2. The van der Waals surface area contributed by atoms with Crippen LogP contribution in [0.25, 0.3) is 16.7 Å². The van der Waals surface area contributed by atoms with Gasteiger partial charge in [-0.05, 0) is 36.8 Å². The van der Waals surface area contributed by atoms with Crippen molar-refractivity contribution in [2.24, 2.45) is 0 Å². The molecular weight excluding hydrogens is 392 g/mol. The number of benzene rings is 1. The number of nitrogens with zero attached hydrogens (tertiary/aromatic N) is 4. The van der Waals surface area contributed by atoms with Gasteiger partial charge in [0.25, 0.3) is 5.56 Å². The second-order valence-electron chi connectivity index (χ2n) is 6.20. The Hall–Kier alpha value is -3.46. The highest BCUT2D eigenvalue weighted by molar-refractivity contribution is 7.98. The molecule has 146 valence electrons. The number of ether oxygens (including phenoxy) is 1. The molecule has 4 rings (SSSR count). The minimum Gasteiger partial charge on any atom is -0.464 e. The summed E-state index contributed by atoms with van der Waals surface area (Å²) in [6, 6.07) is 12.4. The number of fused-ring (bicyclic) bond motifs is 1. The summed E-state index contributed by atoms with van der Waals surface area (Å²) >= 11 is 1.29. The molecule has 0 spiro atoms. The average molecular weight is 408 g/mol. The predicted molar refractivity (Wildman–Crippen MR) is 107 cm³/mol. The molecule has 0 saturated heterocycles. The molecule has 0 radical (unpaired) electrons. The topological polar surface area (TPSA) is 100 Å². The Morgan fingerprint density at radius 3 is 2.86 bits per heavy atom. The van der Waals surface area contributed by atoms with E-state index >= 15 is 0 Å². The number of aromatic nitrogens is 4. The van der Waals surface area contributed by atoms with Gasteiger partial charge in [0, 0.05) is 12.3 Å². The molecule has 1 aromatic carbocycles. The van der Waals surface area contributed by atoms with Gasteiger partial charge >= 0.3 is 5.97 Å². The van der Waals surface area contributed by atoms with Crippen LogP contribution in [-0.2, 0) is 10.5 Å². The first-order chi connectivity index (χ1) is 14.1. The van der Waals surface area contributed by atoms with Crippen LogP contribution in [-0.4, -0.2) is 32.8 Å². The fourth-order valence-electron chi connectivity index (χ4n) is 2.77. The zero-order valence-electron chi connectivity index (χ0n) is 15.7. The molecule has 3 aromatic heterocycles. The number of esters is 1. The summed E-state index contributed by atoms with van der Waals surface area (Å²) in [4.78, 5) is 33.7. The number of rotatable bonds is 5. The Balaban J connectivity index is 1.76. The van der Waals surface area contributed by atoms with Crippen molar-refractivity contribution in [3.8, 4) is 5.82 Å². The fraction of sp³-hybridized carbons (Fsp3) is 0.150. The predicted octanol–water partition coefficient (Wildman–Crippen LogP) is 3.16. The van der Waals surface area contributed by atoms with Gasteiger partial charge in [-0.25, -0.2) is 19.3 Å². The van der Waals surface area contributed by atoms with Crippen LogP contribution in [0.15, 0.2) is 63.1 Å². The summed E-state index contributed by atoms with van der Waals surface area (Å²) in [7, 11) is 1.28. The van der Waals surface area contributed by atoms with Crippen molar-refractivity contribution < 1.29 is 14.1 Å². The number of hydrogen-bond acceptors (Lipinski definition) is 8. The summed E-state index contributed by atoms with van der Waals surface area (Å²) in [6.07, 6.45) is 1.65. The van der Waals surface area contributed by atoms with E-state index < -0.39 is 5.97 Å². The van der Waals surface area contributed by atoms with Crippen molar-refractivity contribution in [2.45, 2.75) is 17.8 Å². The van der Waals surface area contributed by atoms with Crippen LogP contribution in [0, 0.1) is 6.92 Å². The van der Waals surface area contributed by atoms with Gasteiger partial charge in [0.05, 0.1) is 23.8 Å². The van der Waals surface area contributed by atoms with Gasteiger partial charge in [0.15, 0.2) is 10.9 Å². The van der Waals surface area contributed by atoms with Gasteiger partial charge in [0.1, 0.15) is 11.6 Å². The number of pyridine rings is 1. The molecule has 3 heterocycles. The first-order valence-electron chi connectivity index (χ1n) is 8.68. The fourth-order valence-corrected chi connectivity index (χ4v) is 3.65.